The van der Waals surface area contributed by atoms with E-state index in [4.69, 9.17) is 4.74 Å². The van der Waals surface area contributed by atoms with Crippen molar-refractivity contribution in [2.75, 3.05) is 20.2 Å². The third-order valence-corrected chi connectivity index (χ3v) is 5.74. The Balaban J connectivity index is 1.41. The maximum atomic E-state index is 12.7. The Kier molecular flexibility index (Phi) is 5.34. The number of pyridine rings is 2. The molecule has 1 fully saturated rings. The average Bonchev–Trinajstić information content (AvgIpc) is 2.74. The SMILES string of the molecule is COc1ccc(CC(=O)N2CCC(c3cc4ncccc4c(=O)[nH]3)CC2)cc1C. The summed E-state index contributed by atoms with van der Waals surface area (Å²) >= 11 is 0. The minimum atomic E-state index is -0.0982. The monoisotopic (exact) mass is 391 g/mol. The number of rotatable bonds is 4. The van der Waals surface area contributed by atoms with E-state index in [2.05, 4.69) is 9.97 Å². The van der Waals surface area contributed by atoms with E-state index in [0.717, 1.165) is 40.9 Å². The Bertz CT molecular complexity index is 1100. The minimum absolute atomic E-state index is 0.0982. The maximum absolute atomic E-state index is 12.7. The molecule has 150 valence electrons. The quantitative estimate of drug-likeness (QED) is 0.741. The fraction of sp³-hybridized carbons (Fsp3) is 0.348. The lowest BCUT2D eigenvalue weighted by Gasteiger charge is -2.32. The zero-order valence-corrected chi connectivity index (χ0v) is 16.8. The second kappa shape index (κ2) is 8.07. The number of nitrogens with zero attached hydrogens (tertiary/aromatic N) is 2. The van der Waals surface area contributed by atoms with Gasteiger partial charge < -0.3 is 14.6 Å². The van der Waals surface area contributed by atoms with Crippen LogP contribution in [0.15, 0.2) is 47.4 Å². The molecule has 1 amide bonds. The molecule has 3 heterocycles. The van der Waals surface area contributed by atoms with Gasteiger partial charge in [-0.25, -0.2) is 0 Å². The van der Waals surface area contributed by atoms with Gasteiger partial charge in [0.25, 0.3) is 5.56 Å². The van der Waals surface area contributed by atoms with Crippen LogP contribution < -0.4 is 10.3 Å². The molecule has 0 saturated carbocycles. The van der Waals surface area contributed by atoms with Gasteiger partial charge in [-0.15, -0.1) is 0 Å². The van der Waals surface area contributed by atoms with Crippen molar-refractivity contribution in [2.24, 2.45) is 0 Å². The van der Waals surface area contributed by atoms with E-state index in [1.165, 1.54) is 0 Å². The van der Waals surface area contributed by atoms with Gasteiger partial charge in [0.15, 0.2) is 0 Å². The van der Waals surface area contributed by atoms with Gasteiger partial charge in [-0.2, -0.15) is 0 Å². The molecule has 1 saturated heterocycles. The Morgan fingerprint density at radius 3 is 2.76 bits per heavy atom. The summed E-state index contributed by atoms with van der Waals surface area (Å²) in [7, 11) is 1.65. The number of ether oxygens (including phenoxy) is 1. The first-order chi connectivity index (χ1) is 14.0. The first kappa shape index (κ1) is 19.2. The smallest absolute Gasteiger partial charge is 0.257 e. The van der Waals surface area contributed by atoms with Crippen molar-refractivity contribution in [1.29, 1.82) is 0 Å². The fourth-order valence-electron chi connectivity index (χ4n) is 4.10. The number of piperidine rings is 1. The van der Waals surface area contributed by atoms with Gasteiger partial charge in [0.2, 0.25) is 5.91 Å². The fourth-order valence-corrected chi connectivity index (χ4v) is 4.10. The summed E-state index contributed by atoms with van der Waals surface area (Å²) in [5, 5.41) is 0.610. The Morgan fingerprint density at radius 2 is 2.03 bits per heavy atom. The lowest BCUT2D eigenvalue weighted by molar-refractivity contribution is -0.131. The molecule has 6 heteroatoms. The van der Waals surface area contributed by atoms with Crippen LogP contribution >= 0.6 is 0 Å². The third-order valence-electron chi connectivity index (χ3n) is 5.74. The molecule has 0 unspecified atom stereocenters. The molecule has 1 N–H and O–H groups in total. The number of amides is 1. The summed E-state index contributed by atoms with van der Waals surface area (Å²) in [4.78, 5) is 34.3. The maximum Gasteiger partial charge on any atom is 0.257 e. The first-order valence-electron chi connectivity index (χ1n) is 9.94. The van der Waals surface area contributed by atoms with Crippen LogP contribution in [0.3, 0.4) is 0 Å². The van der Waals surface area contributed by atoms with Crippen molar-refractivity contribution in [3.05, 3.63) is 69.8 Å². The highest BCUT2D eigenvalue weighted by molar-refractivity contribution is 5.79. The normalized spacial score (nSPS) is 14.9. The minimum Gasteiger partial charge on any atom is -0.496 e. The van der Waals surface area contributed by atoms with E-state index in [9.17, 15) is 9.59 Å². The van der Waals surface area contributed by atoms with Crippen molar-refractivity contribution in [1.82, 2.24) is 14.9 Å². The number of likely N-dealkylation sites (tertiary alicyclic amines) is 1. The van der Waals surface area contributed by atoms with E-state index in [0.29, 0.717) is 24.9 Å². The second-order valence-electron chi connectivity index (χ2n) is 7.63. The van der Waals surface area contributed by atoms with Crippen LogP contribution in [0.5, 0.6) is 5.75 Å². The summed E-state index contributed by atoms with van der Waals surface area (Å²) in [6, 6.07) is 11.4. The molecule has 1 aliphatic rings. The zero-order chi connectivity index (χ0) is 20.4. The molecule has 1 aliphatic heterocycles. The van der Waals surface area contributed by atoms with Crippen LogP contribution in [0.25, 0.3) is 10.9 Å². The number of benzene rings is 1. The molecule has 0 aliphatic carbocycles. The number of nitrogens with one attached hydrogen (secondary N) is 1. The number of H-pyrrole nitrogens is 1. The summed E-state index contributed by atoms with van der Waals surface area (Å²) in [5.74, 6) is 1.21. The summed E-state index contributed by atoms with van der Waals surface area (Å²) in [5.41, 5.74) is 3.57. The third kappa shape index (κ3) is 4.01. The van der Waals surface area contributed by atoms with E-state index >= 15 is 0 Å². The van der Waals surface area contributed by atoms with Gasteiger partial charge in [-0.1, -0.05) is 12.1 Å². The molecule has 0 radical (unpaired) electrons. The highest BCUT2D eigenvalue weighted by atomic mass is 16.5. The van der Waals surface area contributed by atoms with E-state index < -0.39 is 0 Å². The van der Waals surface area contributed by atoms with Crippen LogP contribution in [-0.4, -0.2) is 41.0 Å². The molecule has 1 aromatic carbocycles. The lowest BCUT2D eigenvalue weighted by Crippen LogP contribution is -2.39. The molecular weight excluding hydrogens is 366 g/mol. The number of hydrogen-bond donors (Lipinski definition) is 1. The molecule has 3 aromatic rings. The van der Waals surface area contributed by atoms with Crippen molar-refractivity contribution in [3.8, 4) is 5.75 Å². The first-order valence-corrected chi connectivity index (χ1v) is 9.94. The number of hydrogen-bond acceptors (Lipinski definition) is 4. The van der Waals surface area contributed by atoms with Crippen molar-refractivity contribution in [3.63, 3.8) is 0 Å². The van der Waals surface area contributed by atoms with Gasteiger partial charge in [0.05, 0.1) is 24.4 Å². The van der Waals surface area contributed by atoms with Gasteiger partial charge >= 0.3 is 0 Å². The molecule has 4 rings (SSSR count). The Labute approximate surface area is 169 Å². The molecular formula is C23H25N3O3. The summed E-state index contributed by atoms with van der Waals surface area (Å²) in [6.07, 6.45) is 3.77. The van der Waals surface area contributed by atoms with Crippen molar-refractivity contribution in [2.45, 2.75) is 32.1 Å². The van der Waals surface area contributed by atoms with Gasteiger partial charge in [0, 0.05) is 30.9 Å². The summed E-state index contributed by atoms with van der Waals surface area (Å²) in [6.45, 7) is 3.37. The van der Waals surface area contributed by atoms with Crippen molar-refractivity contribution >= 4 is 16.8 Å². The average molecular weight is 391 g/mol. The molecule has 6 nitrogen and oxygen atoms in total. The number of carbonyl (C=O) groups is 1. The van der Waals surface area contributed by atoms with Crippen LogP contribution in [-0.2, 0) is 11.2 Å². The van der Waals surface area contributed by atoms with Gasteiger partial charge in [-0.3, -0.25) is 14.6 Å². The van der Waals surface area contributed by atoms with Gasteiger partial charge in [-0.05, 0) is 55.2 Å². The Morgan fingerprint density at radius 1 is 1.24 bits per heavy atom. The van der Waals surface area contributed by atoms with Crippen LogP contribution in [0, 0.1) is 6.92 Å². The number of aromatic amines is 1. The van der Waals surface area contributed by atoms with Crippen molar-refractivity contribution < 1.29 is 9.53 Å². The number of fused-ring (bicyclic) bond motifs is 1. The largest absolute Gasteiger partial charge is 0.496 e. The standard InChI is InChI=1S/C23H25N3O3/c1-15-12-16(5-6-21(15)29-2)13-22(27)26-10-7-17(8-11-26)19-14-20-18(23(28)25-19)4-3-9-24-20/h3-6,9,12,14,17H,7-8,10-11,13H2,1-2H3,(H,25,28). The zero-order valence-electron chi connectivity index (χ0n) is 16.8. The number of carbonyl (C=O) groups excluding carboxylic acids is 1. The molecule has 0 spiro atoms. The molecule has 29 heavy (non-hydrogen) atoms. The summed E-state index contributed by atoms with van der Waals surface area (Å²) < 4.78 is 5.29. The second-order valence-corrected chi connectivity index (χ2v) is 7.63. The van der Waals surface area contributed by atoms with Crippen LogP contribution in [0.2, 0.25) is 0 Å². The van der Waals surface area contributed by atoms with Crippen LogP contribution in [0.4, 0.5) is 0 Å². The number of aryl methyl sites for hydroxylation is 1. The number of methoxy groups -OCH3 is 1. The van der Waals surface area contributed by atoms with Gasteiger partial charge in [0.1, 0.15) is 5.75 Å². The van der Waals surface area contributed by atoms with Crippen LogP contribution in [0.1, 0.15) is 35.6 Å². The van der Waals surface area contributed by atoms with E-state index in [1.54, 1.807) is 25.4 Å². The predicted molar refractivity (Wildman–Crippen MR) is 112 cm³/mol. The molecule has 0 atom stereocenters. The predicted octanol–water partition coefficient (Wildman–Crippen LogP) is 3.19. The Hall–Kier alpha value is -3.15. The topological polar surface area (TPSA) is 75.3 Å². The number of aromatic nitrogens is 2. The van der Waals surface area contributed by atoms with E-state index in [-0.39, 0.29) is 17.4 Å². The molecule has 2 aromatic heterocycles. The van der Waals surface area contributed by atoms with E-state index in [1.807, 2.05) is 36.1 Å². The highest BCUT2D eigenvalue weighted by Gasteiger charge is 2.25. The molecule has 0 bridgehead atoms. The highest BCUT2D eigenvalue weighted by Crippen LogP contribution is 2.28. The lowest BCUT2D eigenvalue weighted by atomic mass is 9.92.